The van der Waals surface area contributed by atoms with Crippen molar-refractivity contribution in [3.05, 3.63) is 0 Å². The van der Waals surface area contributed by atoms with Crippen LogP contribution in [0.4, 0.5) is 0 Å². The summed E-state index contributed by atoms with van der Waals surface area (Å²) >= 11 is 9.23. The fourth-order valence-electron chi connectivity index (χ4n) is 1.00. The van der Waals surface area contributed by atoms with E-state index < -0.39 is 0 Å². The van der Waals surface area contributed by atoms with E-state index in [9.17, 15) is 0 Å². The Morgan fingerprint density at radius 3 is 1.77 bits per heavy atom. The Balaban J connectivity index is 0. The van der Waals surface area contributed by atoms with Crippen LogP contribution < -0.4 is 0 Å². The smallest absolute Gasteiger partial charge is 0.133 e. The summed E-state index contributed by atoms with van der Waals surface area (Å²) in [5, 5.41) is 0. The molecule has 0 spiro atoms. The molecule has 0 saturated heterocycles. The zero-order valence-corrected chi connectivity index (χ0v) is 12.2. The van der Waals surface area contributed by atoms with Gasteiger partial charge in [0.2, 0.25) is 0 Å². The number of hydrogen-bond donors (Lipinski definition) is 1. The maximum absolute atomic E-state index is 5.03. The molecule has 0 fully saturated rings. The van der Waals surface area contributed by atoms with Crippen LogP contribution in [0.3, 0.4) is 0 Å². The average Bonchev–Trinajstić information content (AvgIpc) is 2.04. The van der Waals surface area contributed by atoms with Crippen molar-refractivity contribution in [3.8, 4) is 0 Å². The van der Waals surface area contributed by atoms with Crippen LogP contribution in [0, 0.1) is 0 Å². The quantitative estimate of drug-likeness (QED) is 0.456. The van der Waals surface area contributed by atoms with Gasteiger partial charge in [0, 0.05) is 34.2 Å². The summed E-state index contributed by atoms with van der Waals surface area (Å²) in [4.78, 5) is 2.19. The third kappa shape index (κ3) is 9.24. The zero-order valence-electron chi connectivity index (χ0n) is 8.45. The molecular weight excluding hydrogens is 282 g/mol. The fraction of sp³-hybridized carbons (Fsp3) is 0.889. The van der Waals surface area contributed by atoms with Crippen molar-refractivity contribution < 1.29 is 21.1 Å². The number of rotatable bonds is 6. The molecule has 13 heavy (non-hydrogen) atoms. The second-order valence-electron chi connectivity index (χ2n) is 2.98. The first-order valence-electron chi connectivity index (χ1n) is 4.70. The van der Waals surface area contributed by atoms with E-state index in [0.29, 0.717) is 0 Å². The number of nitrogens with zero attached hydrogens (tertiary/aromatic N) is 1. The minimum absolute atomic E-state index is 0. The van der Waals surface area contributed by atoms with Gasteiger partial charge in [0.15, 0.2) is 0 Å². The second kappa shape index (κ2) is 11.0. The van der Waals surface area contributed by atoms with Crippen molar-refractivity contribution in [2.24, 2.45) is 0 Å². The molecule has 0 amide bonds. The Morgan fingerprint density at radius 1 is 1.15 bits per heavy atom. The van der Waals surface area contributed by atoms with Gasteiger partial charge in [-0.25, -0.2) is 0 Å². The van der Waals surface area contributed by atoms with Gasteiger partial charge in [0.25, 0.3) is 0 Å². The predicted molar refractivity (Wildman–Crippen MR) is 63.0 cm³/mol. The minimum atomic E-state index is 0. The number of hydrogen-bond acceptors (Lipinski definition) is 1. The summed E-state index contributed by atoms with van der Waals surface area (Å²) in [5.74, 6) is 0. The fourth-order valence-corrected chi connectivity index (χ4v) is 1.38. The average molecular weight is 301 g/mol. The Labute approximate surface area is 107 Å². The molecule has 1 nitrogen and oxygen atoms in total. The van der Waals surface area contributed by atoms with Crippen molar-refractivity contribution in [1.29, 1.82) is 0 Å². The van der Waals surface area contributed by atoms with Gasteiger partial charge in [0.1, 0.15) is 4.32 Å². The molecule has 0 aromatic heterocycles. The molecule has 0 aromatic carbocycles. The predicted octanol–water partition coefficient (Wildman–Crippen LogP) is 3.10. The van der Waals surface area contributed by atoms with Gasteiger partial charge in [-0.15, -0.1) is 12.6 Å². The molecule has 0 aliphatic heterocycles. The normalized spacial score (nSPS) is 9.15. The van der Waals surface area contributed by atoms with Crippen LogP contribution in [-0.4, -0.2) is 22.3 Å². The van der Waals surface area contributed by atoms with Gasteiger partial charge >= 0.3 is 0 Å². The third-order valence-electron chi connectivity index (χ3n) is 1.83. The molecule has 0 heterocycles. The summed E-state index contributed by atoms with van der Waals surface area (Å²) < 4.78 is 0.747. The van der Waals surface area contributed by atoms with Gasteiger partial charge in [-0.3, -0.25) is 0 Å². The van der Waals surface area contributed by atoms with Crippen molar-refractivity contribution in [1.82, 2.24) is 4.90 Å². The van der Waals surface area contributed by atoms with E-state index in [-0.39, 0.29) is 21.1 Å². The van der Waals surface area contributed by atoms with E-state index in [2.05, 4.69) is 31.4 Å². The minimum Gasteiger partial charge on any atom is -0.358 e. The molecule has 78 valence electrons. The standard InChI is InChI=1S/C9H19NS2.Mo/c1-3-5-7-10(9(11)12)8-6-4-2;/h3-8H2,1-2H3,(H,11,12);. The van der Waals surface area contributed by atoms with Crippen molar-refractivity contribution >= 4 is 29.2 Å². The van der Waals surface area contributed by atoms with Crippen molar-refractivity contribution in [2.45, 2.75) is 39.5 Å². The monoisotopic (exact) mass is 303 g/mol. The first kappa shape index (κ1) is 16.4. The molecule has 0 rings (SSSR count). The summed E-state index contributed by atoms with van der Waals surface area (Å²) in [5.41, 5.74) is 0. The van der Waals surface area contributed by atoms with Gasteiger partial charge in [0.05, 0.1) is 0 Å². The number of unbranched alkanes of at least 4 members (excludes halogenated alkanes) is 2. The van der Waals surface area contributed by atoms with Crippen LogP contribution >= 0.6 is 24.8 Å². The Morgan fingerprint density at radius 2 is 1.54 bits per heavy atom. The molecule has 0 saturated carbocycles. The van der Waals surface area contributed by atoms with Gasteiger partial charge < -0.3 is 4.90 Å². The Kier molecular flexibility index (Phi) is 13.9. The van der Waals surface area contributed by atoms with Crippen molar-refractivity contribution in [2.75, 3.05) is 13.1 Å². The first-order chi connectivity index (χ1) is 5.72. The van der Waals surface area contributed by atoms with Crippen LogP contribution in [0.15, 0.2) is 0 Å². The molecule has 0 bridgehead atoms. The third-order valence-corrected chi connectivity index (χ3v) is 2.37. The number of thiocarbonyl (C=S) groups is 1. The van der Waals surface area contributed by atoms with E-state index in [4.69, 9.17) is 12.2 Å². The molecule has 0 atom stereocenters. The Hall–Kier alpha value is 0.928. The molecule has 0 unspecified atom stereocenters. The maximum Gasteiger partial charge on any atom is 0.133 e. The van der Waals surface area contributed by atoms with Crippen molar-refractivity contribution in [3.63, 3.8) is 0 Å². The van der Waals surface area contributed by atoms with E-state index in [1.54, 1.807) is 0 Å². The van der Waals surface area contributed by atoms with Crippen LogP contribution in [0.5, 0.6) is 0 Å². The molecule has 0 aliphatic rings. The van der Waals surface area contributed by atoms with E-state index in [0.717, 1.165) is 17.4 Å². The molecule has 4 heteroatoms. The van der Waals surface area contributed by atoms with E-state index >= 15 is 0 Å². The summed E-state index contributed by atoms with van der Waals surface area (Å²) in [6.45, 7) is 6.52. The Bertz CT molecular complexity index is 123. The zero-order chi connectivity index (χ0) is 9.40. The van der Waals surface area contributed by atoms with Crippen LogP contribution in [-0.2, 0) is 21.1 Å². The SMILES string of the molecule is CCCCN(CCCC)C(=S)S.[Mo]. The molecular formula is C9H19MoNS2. The molecule has 0 aliphatic carbocycles. The molecule has 0 N–H and O–H groups in total. The topological polar surface area (TPSA) is 3.24 Å². The number of thiol groups is 1. The van der Waals surface area contributed by atoms with E-state index in [1.165, 1.54) is 25.7 Å². The maximum atomic E-state index is 5.03. The molecule has 0 aromatic rings. The second-order valence-corrected chi connectivity index (χ2v) is 4.09. The van der Waals surface area contributed by atoms with E-state index in [1.807, 2.05) is 0 Å². The van der Waals surface area contributed by atoms with Crippen LogP contribution in [0.2, 0.25) is 0 Å². The van der Waals surface area contributed by atoms with Gasteiger partial charge in [-0.1, -0.05) is 38.9 Å². The summed E-state index contributed by atoms with van der Waals surface area (Å²) in [7, 11) is 0. The van der Waals surface area contributed by atoms with Crippen LogP contribution in [0.1, 0.15) is 39.5 Å². The summed E-state index contributed by atoms with van der Waals surface area (Å²) in [6.07, 6.45) is 4.87. The molecule has 0 radical (unpaired) electrons. The largest absolute Gasteiger partial charge is 0.358 e. The first-order valence-corrected chi connectivity index (χ1v) is 5.55. The summed E-state index contributed by atoms with van der Waals surface area (Å²) in [6, 6.07) is 0. The van der Waals surface area contributed by atoms with Crippen LogP contribution in [0.25, 0.3) is 0 Å². The van der Waals surface area contributed by atoms with Gasteiger partial charge in [-0.2, -0.15) is 0 Å². The van der Waals surface area contributed by atoms with Gasteiger partial charge in [-0.05, 0) is 12.8 Å².